The fraction of sp³-hybridized carbons (Fsp3) is 0. The molecule has 0 amide bonds. The Balaban J connectivity index is 0. The van der Waals surface area contributed by atoms with Crippen molar-refractivity contribution in [1.82, 2.24) is 0 Å². The molecule has 0 bridgehead atoms. The van der Waals surface area contributed by atoms with Gasteiger partial charge in [-0.25, -0.2) is 0 Å². The third kappa shape index (κ3) is 18.0. The molecule has 0 unspecified atom stereocenters. The Morgan fingerprint density at radius 1 is 1.00 bits per heavy atom. The molecule has 0 saturated carbocycles. The molecule has 0 aromatic rings. The molecule has 0 aromatic heterocycles. The van der Waals surface area contributed by atoms with Gasteiger partial charge in [0.15, 0.2) is 0 Å². The van der Waals surface area contributed by atoms with Gasteiger partial charge in [0.2, 0.25) is 0 Å². The van der Waals surface area contributed by atoms with E-state index >= 15 is 0 Å². The Morgan fingerprint density at radius 2 is 1.00 bits per heavy atom. The van der Waals surface area contributed by atoms with Crippen molar-refractivity contribution in [2.24, 2.45) is 0 Å². The number of hydrogen-bond acceptors (Lipinski definition) is 0. The molecule has 0 aliphatic heterocycles. The van der Waals surface area contributed by atoms with Gasteiger partial charge in [0, 0.05) is 131 Å². The van der Waals surface area contributed by atoms with Gasteiger partial charge in [-0.1, -0.05) is 0 Å². The van der Waals surface area contributed by atoms with E-state index in [2.05, 4.69) is 0 Å². The normalized spacial score (nSPS) is 0. The maximum atomic E-state index is 0. The molecule has 0 nitrogen and oxygen atoms in total. The van der Waals surface area contributed by atoms with Crippen LogP contribution in [0.2, 0.25) is 0 Å². The largest absolute Gasteiger partial charge is 0 e. The number of hydrogen-bond donors (Lipinski definition) is 0. The Bertz CT molecular complexity index is 11.6. The monoisotopic (exact) mass is 104 g/mol. The molecule has 0 spiro atoms. The van der Waals surface area contributed by atoms with Crippen molar-refractivity contribution in [3.05, 3.63) is 0 Å². The Hall–Kier alpha value is 4.06. The van der Waals surface area contributed by atoms with Crippen molar-refractivity contribution in [3.63, 3.8) is 0 Å². The van der Waals surface area contributed by atoms with Crippen molar-refractivity contribution in [2.45, 2.75) is 0 Å². The van der Waals surface area contributed by atoms with E-state index in [4.69, 9.17) is 0 Å². The van der Waals surface area contributed by atoms with Crippen LogP contribution in [0.1, 0.15) is 0 Å². The summed E-state index contributed by atoms with van der Waals surface area (Å²) in [5, 5.41) is 0. The van der Waals surface area contributed by atoms with Crippen LogP contribution >= 0.6 is 0 Å². The molecule has 0 atom stereocenters. The van der Waals surface area contributed by atoms with E-state index < -0.39 is 0 Å². The summed E-state index contributed by atoms with van der Waals surface area (Å²) in [6.45, 7) is 0. The van der Waals surface area contributed by atoms with Gasteiger partial charge in [-0.2, -0.15) is 0 Å². The number of rotatable bonds is 0. The third-order valence-corrected chi connectivity index (χ3v) is 0. The van der Waals surface area contributed by atoms with Crippen molar-refractivity contribution in [2.75, 3.05) is 0 Å². The quantitative estimate of drug-likeness (QED) is 0.315. The minimum Gasteiger partial charge on any atom is 0 e. The van der Waals surface area contributed by atoms with Crippen LogP contribution < -0.4 is 0 Å². The van der Waals surface area contributed by atoms with Crippen LogP contribution in [0.25, 0.3) is 0 Å². The molecular weight excluding hydrogens is 104 g/mol. The van der Waals surface area contributed by atoms with E-state index in [0.717, 1.165) is 0 Å². The van der Waals surface area contributed by atoms with Crippen LogP contribution in [0.4, 0.5) is 0 Å². The van der Waals surface area contributed by atoms with Gasteiger partial charge in [0.25, 0.3) is 0 Å². The maximum Gasteiger partial charge on any atom is 0 e. The summed E-state index contributed by atoms with van der Waals surface area (Å²) in [5.74, 6) is 0. The van der Waals surface area contributed by atoms with Crippen LogP contribution in [0.5, 0.6) is 0 Å². The first kappa shape index (κ1) is 35.7. The SMILES string of the molecule is [B].[K].[Li].[Mg].[Na]. The molecular formula is BKLiMgNa. The smallest absolute Gasteiger partial charge is 0 e. The van der Waals surface area contributed by atoms with Crippen molar-refractivity contribution in [1.29, 1.82) is 0 Å². The van der Waals surface area contributed by atoms with E-state index in [0.29, 0.717) is 0 Å². The zero-order chi connectivity index (χ0) is 0. The molecule has 0 fully saturated rings. The van der Waals surface area contributed by atoms with Gasteiger partial charge in [0.05, 0.1) is 0 Å². The first-order valence-electron chi connectivity index (χ1n) is 0. The fourth-order valence-corrected chi connectivity index (χ4v) is 0. The van der Waals surface area contributed by atoms with Gasteiger partial charge < -0.3 is 0 Å². The van der Waals surface area contributed by atoms with Gasteiger partial charge in [-0.15, -0.1) is 0 Å². The summed E-state index contributed by atoms with van der Waals surface area (Å²) in [6, 6.07) is 0. The fourth-order valence-electron chi connectivity index (χ4n) is 0. The summed E-state index contributed by atoms with van der Waals surface area (Å²) >= 11 is 0. The molecule has 0 heterocycles. The first-order chi connectivity index (χ1) is 0. The molecule has 0 N–H and O–H groups in total. The predicted molar refractivity (Wildman–Crippen MR) is 28.8 cm³/mol. The molecule has 0 saturated heterocycles. The second-order valence-electron chi connectivity index (χ2n) is 0. The van der Waals surface area contributed by atoms with Gasteiger partial charge >= 0.3 is 0 Å². The molecule has 5 heavy (non-hydrogen) atoms. The zero-order valence-corrected chi connectivity index (χ0v) is 10.8. The Kier molecular flexibility index (Phi) is 174. The molecule has 8 radical (unpaired) electrons. The summed E-state index contributed by atoms with van der Waals surface area (Å²) in [6.07, 6.45) is 0. The standard InChI is InChI=1S/B.K.Li.Mg.Na. The minimum atomic E-state index is 0. The Labute approximate surface area is 128 Å². The van der Waals surface area contributed by atoms with Crippen LogP contribution in [-0.2, 0) is 0 Å². The summed E-state index contributed by atoms with van der Waals surface area (Å²) < 4.78 is 0. The van der Waals surface area contributed by atoms with E-state index in [1.807, 2.05) is 0 Å². The van der Waals surface area contributed by atoms with Gasteiger partial charge in [0.1, 0.15) is 0 Å². The first-order valence-corrected chi connectivity index (χ1v) is 0. The van der Waals surface area contributed by atoms with Gasteiger partial charge in [-0.05, 0) is 0 Å². The van der Waals surface area contributed by atoms with E-state index in [1.54, 1.807) is 0 Å². The second-order valence-corrected chi connectivity index (χ2v) is 0. The molecule has 0 aliphatic rings. The van der Waals surface area contributed by atoms with Crippen molar-refractivity contribution >= 4 is 131 Å². The van der Waals surface area contributed by atoms with Crippen LogP contribution in [0.15, 0.2) is 0 Å². The second kappa shape index (κ2) is 24.4. The molecule has 0 rings (SSSR count). The van der Waals surface area contributed by atoms with Crippen molar-refractivity contribution in [3.8, 4) is 0 Å². The average molecular weight is 104 g/mol. The van der Waals surface area contributed by atoms with Crippen LogP contribution in [0.3, 0.4) is 0 Å². The van der Waals surface area contributed by atoms with E-state index in [-0.39, 0.29) is 131 Å². The predicted octanol–water partition coefficient (Wildman–Crippen LogP) is -1.90. The van der Waals surface area contributed by atoms with E-state index in [1.165, 1.54) is 0 Å². The van der Waals surface area contributed by atoms with E-state index in [9.17, 15) is 0 Å². The molecule has 5 heteroatoms. The third-order valence-electron chi connectivity index (χ3n) is 0. The maximum absolute atomic E-state index is 0. The average Bonchev–Trinajstić information content (AvgIpc) is 0. The van der Waals surface area contributed by atoms with Gasteiger partial charge in [-0.3, -0.25) is 0 Å². The van der Waals surface area contributed by atoms with Crippen molar-refractivity contribution < 1.29 is 0 Å². The molecule has 0 aliphatic carbocycles. The topological polar surface area (TPSA) is 0 Å². The van der Waals surface area contributed by atoms with Crippen LogP contribution in [-0.4, -0.2) is 131 Å². The molecule has 0 aromatic carbocycles. The minimum absolute atomic E-state index is 0. The van der Waals surface area contributed by atoms with Crippen LogP contribution in [0, 0.1) is 0 Å². The molecule has 8 valence electrons. The summed E-state index contributed by atoms with van der Waals surface area (Å²) in [7, 11) is 0. The zero-order valence-electron chi connectivity index (χ0n) is 4.28. The summed E-state index contributed by atoms with van der Waals surface area (Å²) in [5.41, 5.74) is 0. The Morgan fingerprint density at radius 3 is 1.00 bits per heavy atom. The summed E-state index contributed by atoms with van der Waals surface area (Å²) in [4.78, 5) is 0.